The van der Waals surface area contributed by atoms with E-state index in [1.165, 1.54) is 5.56 Å². The number of rotatable bonds is 2. The maximum atomic E-state index is 13.0. The number of nitrogens with one attached hydrogen (secondary N) is 2. The van der Waals surface area contributed by atoms with Crippen LogP contribution in [0, 0.1) is 6.92 Å². The summed E-state index contributed by atoms with van der Waals surface area (Å²) >= 11 is 3.38. The quantitative estimate of drug-likeness (QED) is 0.586. The molecule has 142 valence electrons. The summed E-state index contributed by atoms with van der Waals surface area (Å²) in [6, 6.07) is 13.8. The Hall–Kier alpha value is -2.93. The van der Waals surface area contributed by atoms with Crippen LogP contribution in [0.1, 0.15) is 12.0 Å². The minimum Gasteiger partial charge on any atom is -0.382 e. The van der Waals surface area contributed by atoms with Crippen LogP contribution in [-0.2, 0) is 0 Å². The lowest BCUT2D eigenvalue weighted by Crippen LogP contribution is -2.36. The maximum absolute atomic E-state index is 13.0. The number of amides is 2. The number of hydrogen-bond acceptors (Lipinski definition) is 4. The topological polar surface area (TPSA) is 70.2 Å². The molecule has 4 rings (SSSR count). The summed E-state index contributed by atoms with van der Waals surface area (Å²) in [6.07, 6.45) is 4.13. The number of aryl methyl sites for hydroxylation is 1. The van der Waals surface area contributed by atoms with E-state index in [0.717, 1.165) is 34.4 Å². The third-order valence-corrected chi connectivity index (χ3v) is 4.95. The van der Waals surface area contributed by atoms with Gasteiger partial charge in [0.1, 0.15) is 0 Å². The van der Waals surface area contributed by atoms with Crippen LogP contribution in [-0.4, -0.2) is 29.1 Å². The standard InChI is InChI=1S/C21H20BrN5O/c1-14-4-2-5-15(10-14)18-6-7-19-20(26-18)27(9-3-8-24-19)21(28)25-17-11-16(22)12-23-13-17/h2,4-7,10-13,24H,3,8-9H2,1H3,(H,25,28). The number of halogens is 1. The Balaban J connectivity index is 1.68. The highest BCUT2D eigenvalue weighted by atomic mass is 79.9. The Bertz CT molecular complexity index is 1020. The van der Waals surface area contributed by atoms with Gasteiger partial charge in [0.25, 0.3) is 0 Å². The van der Waals surface area contributed by atoms with Crippen LogP contribution in [0.3, 0.4) is 0 Å². The highest BCUT2D eigenvalue weighted by Crippen LogP contribution is 2.31. The molecule has 0 bridgehead atoms. The van der Waals surface area contributed by atoms with Crippen molar-refractivity contribution >= 4 is 39.2 Å². The van der Waals surface area contributed by atoms with Crippen molar-refractivity contribution in [2.75, 3.05) is 28.6 Å². The zero-order chi connectivity index (χ0) is 19.5. The number of anilines is 3. The third-order valence-electron chi connectivity index (χ3n) is 4.52. The number of urea groups is 1. The molecule has 7 heteroatoms. The number of aromatic nitrogens is 2. The van der Waals surface area contributed by atoms with E-state index in [0.29, 0.717) is 18.1 Å². The number of nitrogens with zero attached hydrogens (tertiary/aromatic N) is 3. The summed E-state index contributed by atoms with van der Waals surface area (Å²) in [7, 11) is 0. The Labute approximate surface area is 172 Å². The van der Waals surface area contributed by atoms with Crippen LogP contribution < -0.4 is 15.5 Å². The molecular weight excluding hydrogens is 418 g/mol. The first-order valence-corrected chi connectivity index (χ1v) is 9.90. The van der Waals surface area contributed by atoms with E-state index in [9.17, 15) is 4.79 Å². The molecular formula is C21H20BrN5O. The van der Waals surface area contributed by atoms with Gasteiger partial charge in [0, 0.05) is 29.3 Å². The molecule has 0 unspecified atom stereocenters. The molecule has 3 heterocycles. The summed E-state index contributed by atoms with van der Waals surface area (Å²) in [5.41, 5.74) is 4.53. The van der Waals surface area contributed by atoms with Crippen molar-refractivity contribution < 1.29 is 4.79 Å². The van der Waals surface area contributed by atoms with E-state index in [-0.39, 0.29) is 6.03 Å². The molecule has 1 aliphatic rings. The number of fused-ring (bicyclic) bond motifs is 1. The number of benzene rings is 1. The summed E-state index contributed by atoms with van der Waals surface area (Å²) in [4.78, 5) is 23.6. The van der Waals surface area contributed by atoms with Gasteiger partial charge in [-0.1, -0.05) is 23.8 Å². The molecule has 2 N–H and O–H groups in total. The SMILES string of the molecule is Cc1cccc(-c2ccc3c(n2)N(C(=O)Nc2cncc(Br)c2)CCCN3)c1. The average molecular weight is 438 g/mol. The molecule has 1 aliphatic heterocycles. The lowest BCUT2D eigenvalue weighted by molar-refractivity contribution is 0.257. The van der Waals surface area contributed by atoms with Crippen LogP contribution in [0.25, 0.3) is 11.3 Å². The summed E-state index contributed by atoms with van der Waals surface area (Å²) in [5, 5.41) is 6.29. The second-order valence-electron chi connectivity index (χ2n) is 6.69. The molecule has 3 aromatic rings. The van der Waals surface area contributed by atoms with Crippen molar-refractivity contribution in [1.82, 2.24) is 9.97 Å². The first-order chi connectivity index (χ1) is 13.6. The number of carbonyl (C=O) groups is 1. The van der Waals surface area contributed by atoms with E-state index in [1.807, 2.05) is 30.3 Å². The zero-order valence-electron chi connectivity index (χ0n) is 15.4. The van der Waals surface area contributed by atoms with Gasteiger partial charge in [0.05, 0.1) is 23.3 Å². The first kappa shape index (κ1) is 18.4. The largest absolute Gasteiger partial charge is 0.382 e. The molecule has 0 atom stereocenters. The first-order valence-electron chi connectivity index (χ1n) is 9.11. The molecule has 28 heavy (non-hydrogen) atoms. The predicted molar refractivity (Wildman–Crippen MR) is 116 cm³/mol. The normalized spacial score (nSPS) is 13.3. The van der Waals surface area contributed by atoms with Crippen molar-refractivity contribution in [2.45, 2.75) is 13.3 Å². The average Bonchev–Trinajstić information content (AvgIpc) is 2.90. The Morgan fingerprint density at radius 3 is 2.93 bits per heavy atom. The zero-order valence-corrected chi connectivity index (χ0v) is 17.0. The van der Waals surface area contributed by atoms with Crippen LogP contribution in [0.15, 0.2) is 59.3 Å². The summed E-state index contributed by atoms with van der Waals surface area (Å²) in [6.45, 7) is 3.43. The second kappa shape index (κ2) is 7.98. The number of hydrogen-bond donors (Lipinski definition) is 2. The molecule has 0 fully saturated rings. The van der Waals surface area contributed by atoms with Gasteiger partial charge in [-0.3, -0.25) is 9.88 Å². The van der Waals surface area contributed by atoms with Crippen molar-refractivity contribution in [3.8, 4) is 11.3 Å². The van der Waals surface area contributed by atoms with E-state index in [1.54, 1.807) is 17.3 Å². The number of carbonyl (C=O) groups excluding carboxylic acids is 1. The van der Waals surface area contributed by atoms with E-state index < -0.39 is 0 Å². The molecule has 0 spiro atoms. The molecule has 1 aromatic carbocycles. The lowest BCUT2D eigenvalue weighted by atomic mass is 10.1. The summed E-state index contributed by atoms with van der Waals surface area (Å²) in [5.74, 6) is 0.636. The third kappa shape index (κ3) is 3.99. The van der Waals surface area contributed by atoms with Crippen LogP contribution in [0.5, 0.6) is 0 Å². The predicted octanol–water partition coefficient (Wildman–Crippen LogP) is 5.07. The van der Waals surface area contributed by atoms with Gasteiger partial charge in [0.15, 0.2) is 5.82 Å². The smallest absolute Gasteiger partial charge is 0.327 e. The Kier molecular flexibility index (Phi) is 5.25. The fraction of sp³-hybridized carbons (Fsp3) is 0.190. The van der Waals surface area contributed by atoms with Crippen molar-refractivity contribution in [2.24, 2.45) is 0 Å². The minimum atomic E-state index is -0.223. The van der Waals surface area contributed by atoms with Gasteiger partial charge in [-0.15, -0.1) is 0 Å². The van der Waals surface area contributed by atoms with Gasteiger partial charge in [0.2, 0.25) is 0 Å². The highest BCUT2D eigenvalue weighted by molar-refractivity contribution is 9.10. The fourth-order valence-corrected chi connectivity index (χ4v) is 3.56. The molecule has 0 aliphatic carbocycles. The second-order valence-corrected chi connectivity index (χ2v) is 7.61. The monoisotopic (exact) mass is 437 g/mol. The van der Waals surface area contributed by atoms with Gasteiger partial charge < -0.3 is 10.6 Å². The van der Waals surface area contributed by atoms with Gasteiger partial charge in [-0.2, -0.15) is 0 Å². The summed E-state index contributed by atoms with van der Waals surface area (Å²) < 4.78 is 0.808. The van der Waals surface area contributed by atoms with Gasteiger partial charge >= 0.3 is 6.03 Å². The minimum absolute atomic E-state index is 0.223. The fourth-order valence-electron chi connectivity index (χ4n) is 3.19. The van der Waals surface area contributed by atoms with Crippen LogP contribution in [0.4, 0.5) is 22.0 Å². The molecule has 0 radical (unpaired) electrons. The lowest BCUT2D eigenvalue weighted by Gasteiger charge is -2.22. The van der Waals surface area contributed by atoms with Crippen molar-refractivity contribution in [3.05, 3.63) is 64.9 Å². The highest BCUT2D eigenvalue weighted by Gasteiger charge is 2.23. The Morgan fingerprint density at radius 1 is 1.21 bits per heavy atom. The molecule has 6 nitrogen and oxygen atoms in total. The van der Waals surface area contributed by atoms with Crippen molar-refractivity contribution in [3.63, 3.8) is 0 Å². The maximum Gasteiger partial charge on any atom is 0.327 e. The van der Waals surface area contributed by atoms with Gasteiger partial charge in [-0.05, 0) is 53.5 Å². The number of pyridine rings is 2. The van der Waals surface area contributed by atoms with E-state index >= 15 is 0 Å². The van der Waals surface area contributed by atoms with Crippen molar-refractivity contribution in [1.29, 1.82) is 0 Å². The molecule has 0 saturated carbocycles. The van der Waals surface area contributed by atoms with Gasteiger partial charge in [-0.25, -0.2) is 9.78 Å². The Morgan fingerprint density at radius 2 is 2.11 bits per heavy atom. The van der Waals surface area contributed by atoms with E-state index in [4.69, 9.17) is 4.98 Å². The van der Waals surface area contributed by atoms with Crippen LogP contribution >= 0.6 is 15.9 Å². The molecule has 0 saturated heterocycles. The molecule has 2 amide bonds. The van der Waals surface area contributed by atoms with Crippen LogP contribution in [0.2, 0.25) is 0 Å². The van der Waals surface area contributed by atoms with E-state index in [2.05, 4.69) is 50.6 Å². The molecule has 2 aromatic heterocycles.